The van der Waals surface area contributed by atoms with Crippen molar-refractivity contribution in [3.05, 3.63) is 40.0 Å². The van der Waals surface area contributed by atoms with E-state index in [9.17, 15) is 24.5 Å². The zero-order valence-electron chi connectivity index (χ0n) is 21.7. The van der Waals surface area contributed by atoms with Gasteiger partial charge in [0.2, 0.25) is 0 Å². The number of aliphatic hydroxyl groups excluding tert-OH is 2. The number of carboxylic acids is 2. The number of carbonyl (C=O) groups excluding carboxylic acids is 1. The predicted octanol–water partition coefficient (Wildman–Crippen LogP) is 1.00. The van der Waals surface area contributed by atoms with E-state index in [2.05, 4.69) is 22.4 Å². The molecular formula is C25H36N4O10. The Bertz CT molecular complexity index is 1040. The zero-order valence-corrected chi connectivity index (χ0v) is 21.7. The number of amides is 1. The Balaban J connectivity index is 0.000000455. The van der Waals surface area contributed by atoms with Crippen LogP contribution in [-0.4, -0.2) is 92.6 Å². The summed E-state index contributed by atoms with van der Waals surface area (Å²) in [6, 6.07) is 2.62. The van der Waals surface area contributed by atoms with Gasteiger partial charge in [-0.1, -0.05) is 12.2 Å². The summed E-state index contributed by atoms with van der Waals surface area (Å²) < 4.78 is 5.49. The van der Waals surface area contributed by atoms with Crippen LogP contribution in [0.15, 0.2) is 24.3 Å². The predicted molar refractivity (Wildman–Crippen MR) is 139 cm³/mol. The van der Waals surface area contributed by atoms with E-state index in [0.29, 0.717) is 6.61 Å². The molecule has 1 heterocycles. The first-order chi connectivity index (χ1) is 18.4. The number of carbonyl (C=O) groups is 3. The number of hydrogen-bond donors (Lipinski definition) is 6. The molecular weight excluding hydrogens is 516 g/mol. The van der Waals surface area contributed by atoms with Crippen LogP contribution < -0.4 is 15.8 Å². The number of benzene rings is 1. The average molecular weight is 553 g/mol. The maximum atomic E-state index is 12.8. The number of nitrogens with zero attached hydrogens (tertiary/aromatic N) is 2. The smallest absolute Gasteiger partial charge is 0.335 e. The Morgan fingerprint density at radius 2 is 1.74 bits per heavy atom. The molecule has 1 aliphatic carbocycles. The van der Waals surface area contributed by atoms with Crippen molar-refractivity contribution in [2.24, 2.45) is 5.92 Å². The number of allylic oxidation sites excluding steroid dienone is 2. The van der Waals surface area contributed by atoms with Gasteiger partial charge in [0.05, 0.1) is 17.1 Å². The highest BCUT2D eigenvalue weighted by molar-refractivity contribution is 5.98. The number of piperidine rings is 1. The first-order valence-electron chi connectivity index (χ1n) is 12.6. The molecule has 14 heteroatoms. The third-order valence-electron chi connectivity index (χ3n) is 6.49. The van der Waals surface area contributed by atoms with Gasteiger partial charge in [-0.2, -0.15) is 0 Å². The maximum absolute atomic E-state index is 12.8. The van der Waals surface area contributed by atoms with Crippen molar-refractivity contribution in [1.82, 2.24) is 10.2 Å². The molecule has 1 saturated heterocycles. The third-order valence-corrected chi connectivity index (χ3v) is 6.49. The molecule has 0 radical (unpaired) electrons. The minimum atomic E-state index is -2.27. The Labute approximate surface area is 225 Å². The van der Waals surface area contributed by atoms with E-state index in [1.165, 1.54) is 25.0 Å². The van der Waals surface area contributed by atoms with E-state index >= 15 is 0 Å². The van der Waals surface area contributed by atoms with Gasteiger partial charge in [-0.15, -0.1) is 0 Å². The topological polar surface area (TPSA) is 226 Å². The summed E-state index contributed by atoms with van der Waals surface area (Å²) in [6.07, 6.45) is 5.34. The lowest BCUT2D eigenvalue weighted by Crippen LogP contribution is -2.45. The van der Waals surface area contributed by atoms with E-state index in [4.69, 9.17) is 30.9 Å². The fourth-order valence-corrected chi connectivity index (χ4v) is 4.37. The number of nitro benzene ring substituents is 1. The highest BCUT2D eigenvalue weighted by Gasteiger charge is 2.29. The quantitative estimate of drug-likeness (QED) is 0.103. The third kappa shape index (κ3) is 9.50. The van der Waals surface area contributed by atoms with Crippen molar-refractivity contribution >= 4 is 29.2 Å². The van der Waals surface area contributed by atoms with Crippen LogP contribution in [0.4, 0.5) is 11.4 Å². The van der Waals surface area contributed by atoms with Crippen LogP contribution in [0.5, 0.6) is 5.75 Å². The lowest BCUT2D eigenvalue weighted by Gasteiger charge is -2.35. The molecule has 3 atom stereocenters. The van der Waals surface area contributed by atoms with Crippen molar-refractivity contribution in [3.63, 3.8) is 0 Å². The summed E-state index contributed by atoms with van der Waals surface area (Å²) in [5, 5.41) is 46.7. The number of rotatable bonds is 10. The molecule has 14 nitrogen and oxygen atoms in total. The van der Waals surface area contributed by atoms with Crippen LogP contribution >= 0.6 is 0 Å². The van der Waals surface area contributed by atoms with Gasteiger partial charge in [0.1, 0.15) is 11.4 Å². The second kappa shape index (κ2) is 15.0. The van der Waals surface area contributed by atoms with Crippen molar-refractivity contribution < 1.29 is 44.5 Å². The van der Waals surface area contributed by atoms with Crippen LogP contribution in [0.2, 0.25) is 0 Å². The van der Waals surface area contributed by atoms with Gasteiger partial charge >= 0.3 is 11.9 Å². The molecule has 1 aliphatic heterocycles. The fraction of sp³-hybridized carbons (Fsp3) is 0.560. The molecule has 1 aromatic rings. The molecule has 1 fully saturated rings. The number of aliphatic carboxylic acids is 2. The van der Waals surface area contributed by atoms with Crippen molar-refractivity contribution in [3.8, 4) is 5.75 Å². The van der Waals surface area contributed by atoms with Crippen LogP contribution in [0.3, 0.4) is 0 Å². The van der Waals surface area contributed by atoms with Gasteiger partial charge in [-0.25, -0.2) is 9.59 Å². The molecule has 0 spiro atoms. The van der Waals surface area contributed by atoms with Gasteiger partial charge in [0, 0.05) is 37.8 Å². The minimum Gasteiger partial charge on any atom is -0.493 e. The highest BCUT2D eigenvalue weighted by Crippen LogP contribution is 2.31. The molecule has 0 saturated carbocycles. The van der Waals surface area contributed by atoms with E-state index in [1.54, 1.807) is 6.92 Å². The van der Waals surface area contributed by atoms with Crippen LogP contribution in [-0.2, 0) is 9.59 Å². The SMILES string of the molecule is CCOc1cc(N)c([N+](=O)[O-])cc1C(=O)NC1CCN(CC2CC=CCC2)CC1.O=C(O)[C@@H](O)[C@@H](O)C(=O)O. The Kier molecular flexibility index (Phi) is 12.1. The van der Waals surface area contributed by atoms with E-state index < -0.39 is 29.1 Å². The highest BCUT2D eigenvalue weighted by atomic mass is 16.6. The maximum Gasteiger partial charge on any atom is 0.335 e. The number of nitro groups is 1. The molecule has 7 N–H and O–H groups in total. The first kappa shape index (κ1) is 31.5. The van der Waals surface area contributed by atoms with Crippen molar-refractivity contribution in [1.29, 1.82) is 0 Å². The van der Waals surface area contributed by atoms with Gasteiger partial charge in [-0.3, -0.25) is 14.9 Å². The molecule has 1 amide bonds. The van der Waals surface area contributed by atoms with E-state index in [-0.39, 0.29) is 34.6 Å². The summed E-state index contributed by atoms with van der Waals surface area (Å²) in [6.45, 7) is 5.14. The number of likely N-dealkylation sites (tertiary alicyclic amines) is 1. The number of anilines is 1. The van der Waals surface area contributed by atoms with Crippen LogP contribution in [0.25, 0.3) is 0 Å². The lowest BCUT2D eigenvalue weighted by molar-refractivity contribution is -0.383. The zero-order chi connectivity index (χ0) is 29.1. The monoisotopic (exact) mass is 552 g/mol. The normalized spacial score (nSPS) is 19.2. The Morgan fingerprint density at radius 1 is 1.13 bits per heavy atom. The Hall–Kier alpha value is -3.75. The lowest BCUT2D eigenvalue weighted by atomic mass is 9.93. The Morgan fingerprint density at radius 3 is 2.23 bits per heavy atom. The molecule has 1 aromatic carbocycles. The second-order valence-corrected chi connectivity index (χ2v) is 9.36. The first-order valence-corrected chi connectivity index (χ1v) is 12.6. The number of carboxylic acid groups (broad SMARTS) is 2. The van der Waals surface area contributed by atoms with Gasteiger partial charge in [0.25, 0.3) is 11.6 Å². The average Bonchev–Trinajstić information content (AvgIpc) is 2.89. The molecule has 39 heavy (non-hydrogen) atoms. The number of ether oxygens (including phenoxy) is 1. The van der Waals surface area contributed by atoms with Crippen molar-refractivity contribution in [2.75, 3.05) is 32.0 Å². The molecule has 3 rings (SSSR count). The summed E-state index contributed by atoms with van der Waals surface area (Å²) in [7, 11) is 0. The summed E-state index contributed by atoms with van der Waals surface area (Å²) >= 11 is 0. The molecule has 1 unspecified atom stereocenters. The van der Waals surface area contributed by atoms with E-state index in [1.807, 2.05) is 0 Å². The van der Waals surface area contributed by atoms with Gasteiger partial charge in [0.15, 0.2) is 12.2 Å². The molecule has 0 aromatic heterocycles. The number of nitrogens with two attached hydrogens (primary N) is 1. The number of aliphatic hydroxyl groups is 2. The number of nitrogens with one attached hydrogen (secondary N) is 1. The molecule has 0 bridgehead atoms. The van der Waals surface area contributed by atoms with Gasteiger partial charge in [-0.05, 0) is 44.9 Å². The summed E-state index contributed by atoms with van der Waals surface area (Å²) in [5.41, 5.74) is 5.60. The van der Waals surface area contributed by atoms with Gasteiger partial charge < -0.3 is 41.1 Å². The summed E-state index contributed by atoms with van der Waals surface area (Å²) in [5.74, 6) is -2.89. The standard InChI is InChI=1S/C21H30N4O4.C4H6O6/c1-2-29-20-13-18(22)19(25(27)28)12-17(20)21(26)23-16-8-10-24(11-9-16)14-15-6-4-3-5-7-15;5-1(3(7)8)2(6)4(9)10/h3-4,12-13,15-16H,2,5-11,14,22H2,1H3,(H,23,26);1-2,5-6H,(H,7,8)(H,9,10)/t;1-,2+. The number of nitrogen functional groups attached to an aromatic ring is 1. The van der Waals surface area contributed by atoms with E-state index in [0.717, 1.165) is 44.8 Å². The van der Waals surface area contributed by atoms with Crippen LogP contribution in [0.1, 0.15) is 49.4 Å². The largest absolute Gasteiger partial charge is 0.493 e. The number of hydrogen-bond acceptors (Lipinski definition) is 10. The van der Waals surface area contributed by atoms with Crippen LogP contribution in [0, 0.1) is 16.0 Å². The molecule has 216 valence electrons. The fourth-order valence-electron chi connectivity index (χ4n) is 4.37. The molecule has 2 aliphatic rings. The minimum absolute atomic E-state index is 0.0131. The van der Waals surface area contributed by atoms with Crippen molar-refractivity contribution in [2.45, 2.75) is 57.3 Å². The summed E-state index contributed by atoms with van der Waals surface area (Å²) in [4.78, 5) is 45.5. The second-order valence-electron chi connectivity index (χ2n) is 9.36.